The number of halogens is 2. The Morgan fingerprint density at radius 1 is 1.35 bits per heavy atom. The molecule has 2 aromatic rings. The van der Waals surface area contributed by atoms with Crippen LogP contribution < -0.4 is 5.32 Å². The number of hydrogen-bond acceptors (Lipinski definition) is 2. The molecule has 1 unspecified atom stereocenters. The summed E-state index contributed by atoms with van der Waals surface area (Å²) >= 11 is 3.58. The van der Waals surface area contributed by atoms with Gasteiger partial charge in [-0.05, 0) is 60.1 Å². The molecule has 0 fully saturated rings. The number of rotatable bonds is 4. The molecule has 0 amide bonds. The fourth-order valence-electron chi connectivity index (χ4n) is 2.45. The highest BCUT2D eigenvalue weighted by molar-refractivity contribution is 9.10. The van der Waals surface area contributed by atoms with Gasteiger partial charge >= 0.3 is 0 Å². The monoisotopic (exact) mass is 339 g/mol. The summed E-state index contributed by atoms with van der Waals surface area (Å²) in [6, 6.07) is 5.20. The smallest absolute Gasteiger partial charge is 0.123 e. The topological polar surface area (TPSA) is 29.9 Å². The third-order valence-corrected chi connectivity index (χ3v) is 4.51. The van der Waals surface area contributed by atoms with E-state index in [2.05, 4.69) is 26.3 Å². The van der Waals surface area contributed by atoms with Gasteiger partial charge in [0, 0.05) is 19.5 Å². The number of aryl methyl sites for hydroxylation is 3. The molecule has 0 aliphatic carbocycles. The Hall–Kier alpha value is -1.20. The van der Waals surface area contributed by atoms with Crippen LogP contribution in [0.1, 0.15) is 28.6 Å². The molecule has 3 nitrogen and oxygen atoms in total. The molecule has 0 saturated carbocycles. The molecule has 0 bridgehead atoms. The Morgan fingerprint density at radius 2 is 2.05 bits per heavy atom. The van der Waals surface area contributed by atoms with Crippen molar-refractivity contribution in [2.45, 2.75) is 26.3 Å². The molecule has 1 aromatic heterocycles. The van der Waals surface area contributed by atoms with Gasteiger partial charge in [0.1, 0.15) is 5.82 Å². The van der Waals surface area contributed by atoms with E-state index in [-0.39, 0.29) is 11.9 Å². The summed E-state index contributed by atoms with van der Waals surface area (Å²) < 4.78 is 16.5. The summed E-state index contributed by atoms with van der Waals surface area (Å²) in [4.78, 5) is 0. The zero-order valence-electron chi connectivity index (χ0n) is 12.2. The lowest BCUT2D eigenvalue weighted by atomic mass is 10.00. The molecule has 0 spiro atoms. The number of nitrogens with one attached hydrogen (secondary N) is 1. The van der Waals surface area contributed by atoms with E-state index in [1.54, 1.807) is 12.1 Å². The highest BCUT2D eigenvalue weighted by Gasteiger charge is 2.17. The van der Waals surface area contributed by atoms with Gasteiger partial charge < -0.3 is 5.32 Å². The second kappa shape index (κ2) is 6.06. The average molecular weight is 340 g/mol. The highest BCUT2D eigenvalue weighted by Crippen LogP contribution is 2.26. The minimum Gasteiger partial charge on any atom is -0.313 e. The Bertz CT molecular complexity index is 602. The number of nitrogens with zero attached hydrogens (tertiary/aromatic N) is 2. The zero-order chi connectivity index (χ0) is 14.9. The lowest BCUT2D eigenvalue weighted by molar-refractivity contribution is 0.552. The molecule has 1 heterocycles. The standard InChI is InChI=1S/C15H19BrFN3/c1-9-5-11(7-12(17)6-9)13(18-3)8-14-15(16)10(2)19-20(14)4/h5-7,13,18H,8H2,1-4H3. The molecule has 0 radical (unpaired) electrons. The fourth-order valence-corrected chi connectivity index (χ4v) is 2.95. The number of benzene rings is 1. The molecule has 1 aromatic carbocycles. The third-order valence-electron chi connectivity index (χ3n) is 3.47. The minimum absolute atomic E-state index is 0.0514. The van der Waals surface area contributed by atoms with Gasteiger partial charge in [-0.2, -0.15) is 5.10 Å². The maximum absolute atomic E-state index is 13.6. The van der Waals surface area contributed by atoms with Gasteiger partial charge in [0.25, 0.3) is 0 Å². The predicted molar refractivity (Wildman–Crippen MR) is 82.3 cm³/mol. The van der Waals surface area contributed by atoms with Crippen molar-refractivity contribution in [1.82, 2.24) is 15.1 Å². The molecular formula is C15H19BrFN3. The van der Waals surface area contributed by atoms with Crippen LogP contribution in [0.4, 0.5) is 4.39 Å². The van der Waals surface area contributed by atoms with Crippen molar-refractivity contribution < 1.29 is 4.39 Å². The first kappa shape index (κ1) is 15.2. The Balaban J connectivity index is 2.33. The van der Waals surface area contributed by atoms with Crippen LogP contribution in [-0.4, -0.2) is 16.8 Å². The normalized spacial score (nSPS) is 12.7. The van der Waals surface area contributed by atoms with Crippen molar-refractivity contribution in [1.29, 1.82) is 0 Å². The SMILES string of the molecule is CNC(Cc1c(Br)c(C)nn1C)c1cc(C)cc(F)c1. The number of likely N-dealkylation sites (N-methyl/N-ethyl adjacent to an activating group) is 1. The van der Waals surface area contributed by atoms with Crippen LogP contribution in [-0.2, 0) is 13.5 Å². The summed E-state index contributed by atoms with van der Waals surface area (Å²) in [5.74, 6) is -0.194. The quantitative estimate of drug-likeness (QED) is 0.924. The lowest BCUT2D eigenvalue weighted by Gasteiger charge is -2.18. The van der Waals surface area contributed by atoms with Gasteiger partial charge in [0.2, 0.25) is 0 Å². The average Bonchev–Trinajstić information content (AvgIpc) is 2.60. The molecule has 5 heteroatoms. The van der Waals surface area contributed by atoms with E-state index in [0.717, 1.165) is 33.4 Å². The minimum atomic E-state index is -0.194. The van der Waals surface area contributed by atoms with Crippen molar-refractivity contribution in [3.63, 3.8) is 0 Å². The van der Waals surface area contributed by atoms with E-state index in [4.69, 9.17) is 0 Å². The van der Waals surface area contributed by atoms with Crippen molar-refractivity contribution in [3.05, 3.63) is 51.0 Å². The number of aromatic nitrogens is 2. The van der Waals surface area contributed by atoms with E-state index in [0.29, 0.717) is 0 Å². The maximum Gasteiger partial charge on any atom is 0.123 e. The summed E-state index contributed by atoms with van der Waals surface area (Å²) in [5.41, 5.74) is 3.95. The first-order valence-electron chi connectivity index (χ1n) is 6.54. The third kappa shape index (κ3) is 3.10. The maximum atomic E-state index is 13.6. The van der Waals surface area contributed by atoms with Crippen LogP contribution in [0.2, 0.25) is 0 Å². The van der Waals surface area contributed by atoms with Crippen molar-refractivity contribution in [2.75, 3.05) is 7.05 Å². The second-order valence-electron chi connectivity index (χ2n) is 5.08. The summed E-state index contributed by atoms with van der Waals surface area (Å²) in [6.07, 6.45) is 0.747. The van der Waals surface area contributed by atoms with Gasteiger partial charge in [0.15, 0.2) is 0 Å². The fraction of sp³-hybridized carbons (Fsp3) is 0.400. The van der Waals surface area contributed by atoms with Gasteiger partial charge in [-0.15, -0.1) is 0 Å². The molecule has 1 atom stereocenters. The molecule has 0 aliphatic rings. The van der Waals surface area contributed by atoms with Crippen LogP contribution in [0.25, 0.3) is 0 Å². The molecule has 0 aliphatic heterocycles. The van der Waals surface area contributed by atoms with E-state index in [1.165, 1.54) is 0 Å². The van der Waals surface area contributed by atoms with Crippen molar-refractivity contribution in [3.8, 4) is 0 Å². The van der Waals surface area contributed by atoms with Crippen LogP contribution in [0.5, 0.6) is 0 Å². The zero-order valence-corrected chi connectivity index (χ0v) is 13.8. The van der Waals surface area contributed by atoms with Crippen LogP contribution >= 0.6 is 15.9 Å². The molecule has 0 saturated heterocycles. The Morgan fingerprint density at radius 3 is 2.55 bits per heavy atom. The van der Waals surface area contributed by atoms with Gasteiger partial charge in [-0.3, -0.25) is 4.68 Å². The molecule has 2 rings (SSSR count). The predicted octanol–water partition coefficient (Wildman–Crippen LogP) is 3.44. The summed E-state index contributed by atoms with van der Waals surface area (Å²) in [6.45, 7) is 3.87. The molecule has 20 heavy (non-hydrogen) atoms. The second-order valence-corrected chi connectivity index (χ2v) is 5.87. The van der Waals surface area contributed by atoms with Crippen LogP contribution in [0.15, 0.2) is 22.7 Å². The van der Waals surface area contributed by atoms with Crippen molar-refractivity contribution >= 4 is 15.9 Å². The molecule has 108 valence electrons. The van der Waals surface area contributed by atoms with E-state index < -0.39 is 0 Å². The van der Waals surface area contributed by atoms with Gasteiger partial charge in [-0.25, -0.2) is 4.39 Å². The highest BCUT2D eigenvalue weighted by atomic mass is 79.9. The first-order valence-corrected chi connectivity index (χ1v) is 7.34. The van der Waals surface area contributed by atoms with E-state index in [1.807, 2.05) is 38.7 Å². The van der Waals surface area contributed by atoms with E-state index >= 15 is 0 Å². The number of hydrogen-bond donors (Lipinski definition) is 1. The van der Waals surface area contributed by atoms with E-state index in [9.17, 15) is 4.39 Å². The van der Waals surface area contributed by atoms with Crippen LogP contribution in [0, 0.1) is 19.7 Å². The molecule has 1 N–H and O–H groups in total. The van der Waals surface area contributed by atoms with Crippen molar-refractivity contribution in [2.24, 2.45) is 7.05 Å². The summed E-state index contributed by atoms with van der Waals surface area (Å²) in [7, 11) is 3.82. The largest absolute Gasteiger partial charge is 0.313 e. The van der Waals surface area contributed by atoms with Gasteiger partial charge in [0.05, 0.1) is 15.9 Å². The Labute approximate surface area is 127 Å². The molecular weight excluding hydrogens is 321 g/mol. The Kier molecular flexibility index (Phi) is 4.60. The van der Waals surface area contributed by atoms with Crippen LogP contribution in [0.3, 0.4) is 0 Å². The van der Waals surface area contributed by atoms with Gasteiger partial charge in [-0.1, -0.05) is 6.07 Å². The first-order chi connectivity index (χ1) is 9.42. The summed E-state index contributed by atoms with van der Waals surface area (Å²) in [5, 5.41) is 7.65. The lowest BCUT2D eigenvalue weighted by Crippen LogP contribution is -2.20.